The first-order chi connectivity index (χ1) is 48.9. The lowest BCUT2D eigenvalue weighted by Gasteiger charge is -2.28. The van der Waals surface area contributed by atoms with Crippen LogP contribution in [0, 0.1) is 59.2 Å². The zero-order chi connectivity index (χ0) is 71.0. The molecule has 595 valence electrons. The monoisotopic (exact) mass is 1550 g/mol. The van der Waals surface area contributed by atoms with Gasteiger partial charge in [0.15, 0.2) is 0 Å². The van der Waals surface area contributed by atoms with Crippen molar-refractivity contribution in [1.82, 2.24) is 0 Å². The van der Waals surface area contributed by atoms with Crippen LogP contribution in [0.25, 0.3) is 0 Å². The fraction of sp³-hybridized carbons (Fsp3) is 0.684. The first-order valence-electron chi connectivity index (χ1n) is 42.7. The minimum atomic E-state index is 0. The molecule has 0 aliphatic heterocycles. The molecule has 5 aliphatic rings. The van der Waals surface area contributed by atoms with Crippen molar-refractivity contribution in [3.63, 3.8) is 0 Å². The Balaban J connectivity index is 0.000000649. The highest BCUT2D eigenvalue weighted by Gasteiger charge is 2.25. The van der Waals surface area contributed by atoms with Crippen LogP contribution in [0.4, 0.5) is 23.5 Å². The largest absolute Gasteiger partial charge is 0.269 e. The van der Waals surface area contributed by atoms with Crippen LogP contribution in [0.5, 0.6) is 0 Å². The van der Waals surface area contributed by atoms with Crippen molar-refractivity contribution in [2.75, 3.05) is 0 Å². The van der Waals surface area contributed by atoms with Crippen molar-refractivity contribution in [2.45, 2.75) is 380 Å². The van der Waals surface area contributed by atoms with Gasteiger partial charge in [0.05, 0.1) is 0 Å². The molecule has 5 aliphatic carbocycles. The Morgan fingerprint density at radius 1 is 0.181 bits per heavy atom. The van der Waals surface area contributed by atoms with Gasteiger partial charge < -0.3 is 0 Å². The second-order valence-electron chi connectivity index (χ2n) is 32.8. The van der Waals surface area contributed by atoms with Crippen LogP contribution >= 0.6 is 63.1 Å². The smallest absolute Gasteiger partial charge is 0.0377 e. The molecule has 105 heavy (non-hydrogen) atoms. The van der Waals surface area contributed by atoms with Gasteiger partial charge in [0, 0.05) is 24.5 Å². The predicted octanol–water partition coefficient (Wildman–Crippen LogP) is 33.6. The Labute approximate surface area is 670 Å². The third-order valence-corrected chi connectivity index (χ3v) is 26.1. The minimum absolute atomic E-state index is 0. The summed E-state index contributed by atoms with van der Waals surface area (Å²) in [6.07, 6.45) is 71.3. The number of hydrogen-bond acceptors (Lipinski definition) is 0. The Morgan fingerprint density at radius 3 is 0.410 bits per heavy atom. The van der Waals surface area contributed by atoms with Gasteiger partial charge in [-0.25, -0.2) is 0 Å². The van der Waals surface area contributed by atoms with Crippen LogP contribution in [0.1, 0.15) is 351 Å². The highest BCUT2D eigenvalue weighted by Crippen LogP contribution is 2.39. The van der Waals surface area contributed by atoms with Crippen LogP contribution in [0.3, 0.4) is 0 Å². The minimum Gasteiger partial charge on any atom is -0.269 e. The van der Waals surface area contributed by atoms with Gasteiger partial charge >= 0.3 is 0 Å². The maximum absolute atomic E-state index is 5.14. The summed E-state index contributed by atoms with van der Waals surface area (Å²) in [6, 6.07) is 42.7. The molecule has 5 aromatic rings. The molecule has 0 heterocycles. The van der Waals surface area contributed by atoms with Crippen LogP contribution < -0.4 is 0 Å². The lowest BCUT2D eigenvalue weighted by molar-refractivity contribution is 0.249. The van der Waals surface area contributed by atoms with Gasteiger partial charge in [-0.15, -0.1) is 0 Å². The summed E-state index contributed by atoms with van der Waals surface area (Å²) in [7, 11) is 0. The highest BCUT2D eigenvalue weighted by molar-refractivity contribution is 7.81. The number of halogens is 5. The fourth-order valence-electron chi connectivity index (χ4n) is 17.6. The van der Waals surface area contributed by atoms with E-state index in [2.05, 4.69) is 156 Å². The molecule has 0 saturated heterocycles. The molecule has 5 fully saturated rings. The van der Waals surface area contributed by atoms with Crippen molar-refractivity contribution >= 4 is 63.1 Å². The van der Waals surface area contributed by atoms with Crippen molar-refractivity contribution in [3.8, 4) is 0 Å². The molecule has 10 heteroatoms. The zero-order valence-corrected chi connectivity index (χ0v) is 70.8. The van der Waals surface area contributed by atoms with E-state index in [0.717, 1.165) is 83.7 Å². The van der Waals surface area contributed by atoms with Gasteiger partial charge in [0.1, 0.15) is 0 Å². The average molecular weight is 1550 g/mol. The molecule has 0 aromatic heterocycles. The molecule has 10 rings (SSSR count). The molecule has 0 unspecified atom stereocenters. The lowest BCUT2D eigenvalue weighted by Crippen LogP contribution is -2.15. The van der Waals surface area contributed by atoms with Gasteiger partial charge in [0.25, 0.3) is 0 Å². The predicted molar refractivity (Wildman–Crippen MR) is 464 cm³/mol. The van der Waals surface area contributed by atoms with Crippen LogP contribution in [0.2, 0.25) is 0 Å². The SMILES string of the molecule is CCCCC[C@H]1CC[C@H](CCc2ccc([S])cc2)CC1.CCCCC[C@H]1CC[C@H](CCc2ccc([S])cc2)CC1.CCCCC[C@H]1CC[C@H](CCc2ccc([S])cc2)CC1.CCCCC[C@H]1CC[C@H](CCc2ccc([S])cc2)CC1.CCCCC[C@H]1CC[C@H](CCc2ccc([S])cc2)CC1.F.F.F.F.F. The third-order valence-electron chi connectivity index (χ3n) is 24.7. The molecule has 0 N–H and O–H groups in total. The summed E-state index contributed by atoms with van der Waals surface area (Å²) in [6.45, 7) is 11.5. The van der Waals surface area contributed by atoms with Crippen molar-refractivity contribution < 1.29 is 23.5 Å². The molecule has 0 atom stereocenters. The maximum atomic E-state index is 5.14. The Kier molecular flexibility index (Phi) is 59.4. The van der Waals surface area contributed by atoms with Crippen LogP contribution in [-0.2, 0) is 32.1 Å². The number of unbranched alkanes of at least 4 members (excludes halogenated alkanes) is 10. The van der Waals surface area contributed by atoms with Crippen molar-refractivity contribution in [2.24, 2.45) is 59.2 Å². The van der Waals surface area contributed by atoms with Crippen LogP contribution in [0.15, 0.2) is 146 Å². The number of benzene rings is 5. The summed E-state index contributed by atoms with van der Waals surface area (Å²) in [4.78, 5) is 4.80. The van der Waals surface area contributed by atoms with E-state index in [0.29, 0.717) is 0 Å². The van der Waals surface area contributed by atoms with E-state index in [4.69, 9.17) is 63.1 Å². The highest BCUT2D eigenvalue weighted by atomic mass is 32.1. The average Bonchev–Trinajstić information content (AvgIpc) is 0.996. The molecule has 0 bridgehead atoms. The Bertz CT molecular complexity index is 2270. The molecular formula is C95H150F5S5. The summed E-state index contributed by atoms with van der Waals surface area (Å²) in [5.41, 5.74) is 7.31. The number of aryl methyl sites for hydroxylation is 5. The first-order valence-corrected chi connectivity index (χ1v) is 44.7. The molecule has 0 nitrogen and oxygen atoms in total. The topological polar surface area (TPSA) is 0 Å². The van der Waals surface area contributed by atoms with Gasteiger partial charge in [0.2, 0.25) is 0 Å². The van der Waals surface area contributed by atoms with E-state index in [1.165, 1.54) is 349 Å². The normalized spacial score (nSPS) is 21.8. The van der Waals surface area contributed by atoms with Gasteiger partial charge in [-0.1, -0.05) is 415 Å². The van der Waals surface area contributed by atoms with E-state index < -0.39 is 0 Å². The van der Waals surface area contributed by atoms with E-state index in [1.807, 2.05) is 0 Å². The summed E-state index contributed by atoms with van der Waals surface area (Å²) >= 11 is 25.7. The standard InChI is InChI=1S/5C19H29S.5FH/c5*1-2-3-4-5-16-6-8-17(9-7-16)10-11-18-12-14-19(20)15-13-18;;;;;/h5*12-17H,2-11H2,1H3;5*1H/t5*16-,17-;;;;;. The Morgan fingerprint density at radius 2 is 0.295 bits per heavy atom. The lowest BCUT2D eigenvalue weighted by atomic mass is 9.78. The number of rotatable bonds is 35. The summed E-state index contributed by atoms with van der Waals surface area (Å²) in [5, 5.41) is 0. The third kappa shape index (κ3) is 45.7. The van der Waals surface area contributed by atoms with E-state index in [9.17, 15) is 0 Å². The molecule has 0 amide bonds. The maximum Gasteiger partial charge on any atom is 0.0377 e. The van der Waals surface area contributed by atoms with E-state index in [-0.39, 0.29) is 23.5 Å². The molecular weight excluding hydrogens is 1400 g/mol. The van der Waals surface area contributed by atoms with Gasteiger partial charge in [-0.2, -0.15) is 0 Å². The molecule has 5 saturated carbocycles. The van der Waals surface area contributed by atoms with E-state index >= 15 is 0 Å². The fourth-order valence-corrected chi connectivity index (χ4v) is 18.3. The second-order valence-corrected chi connectivity index (χ2v) is 35.2. The van der Waals surface area contributed by atoms with Gasteiger partial charge in [-0.05, 0) is 212 Å². The van der Waals surface area contributed by atoms with Crippen molar-refractivity contribution in [1.29, 1.82) is 0 Å². The molecule has 5 radical (unpaired) electrons. The summed E-state index contributed by atoms with van der Waals surface area (Å²) in [5.74, 6) is 10.1. The zero-order valence-electron chi connectivity index (χ0n) is 66.8. The molecule has 5 aromatic carbocycles. The van der Waals surface area contributed by atoms with E-state index in [1.54, 1.807) is 0 Å². The quantitative estimate of drug-likeness (QED) is 0.0280. The van der Waals surface area contributed by atoms with Gasteiger partial charge in [-0.3, -0.25) is 23.5 Å². The molecule has 0 spiro atoms. The first kappa shape index (κ1) is 99.9. The van der Waals surface area contributed by atoms with Crippen molar-refractivity contribution in [3.05, 3.63) is 149 Å². The Hall–Kier alpha value is -3.15. The number of hydrogen-bond donors (Lipinski definition) is 0. The summed E-state index contributed by atoms with van der Waals surface area (Å²) < 4.78 is 0. The second kappa shape index (κ2) is 62.5. The van der Waals surface area contributed by atoms with Crippen LogP contribution in [-0.4, -0.2) is 0 Å².